The molecule has 11 aromatic rings. The van der Waals surface area contributed by atoms with Crippen LogP contribution in [-0.2, 0) is 0 Å². The predicted octanol–water partition coefficient (Wildman–Crippen LogP) is 18.0. The molecule has 1 aromatic heterocycles. The molecular weight excluding hydrogens is 827 g/mol. The Balaban J connectivity index is 0.866. The molecule has 10 aromatic carbocycles. The Labute approximate surface area is 386 Å². The lowest BCUT2D eigenvalue weighted by molar-refractivity contribution is 0.477. The van der Waals surface area contributed by atoms with E-state index in [-0.39, 0.29) is 0 Å². The first-order chi connectivity index (χ1) is 32.7. The number of para-hydroxylation sites is 8. The Bertz CT molecular complexity index is 3360. The molecule has 3 heterocycles. The number of benzene rings is 10. The molecule has 13 rings (SSSR count). The molecule has 0 atom stereocenters. The van der Waals surface area contributed by atoms with Gasteiger partial charge >= 0.3 is 0 Å². The second-order valence-electron chi connectivity index (χ2n) is 16.6. The fourth-order valence-corrected chi connectivity index (χ4v) is 10.7. The smallest absolute Gasteiger partial charge is 0.151 e. The highest BCUT2D eigenvalue weighted by Crippen LogP contribution is 2.52. The third kappa shape index (κ3) is 6.46. The van der Waals surface area contributed by atoms with Gasteiger partial charge in [-0.25, -0.2) is 0 Å². The summed E-state index contributed by atoms with van der Waals surface area (Å²) in [5.41, 5.74) is 14.0. The van der Waals surface area contributed by atoms with E-state index in [9.17, 15) is 0 Å². The molecule has 0 amide bonds. The summed E-state index contributed by atoms with van der Waals surface area (Å²) >= 11 is 1.84. The molecule has 0 saturated heterocycles. The van der Waals surface area contributed by atoms with Gasteiger partial charge in [0, 0.05) is 48.6 Å². The number of anilines is 9. The van der Waals surface area contributed by atoms with Crippen LogP contribution in [0.15, 0.2) is 237 Å². The Morgan fingerprint density at radius 1 is 0.303 bits per heavy atom. The summed E-state index contributed by atoms with van der Waals surface area (Å²) < 4.78 is 15.2. The van der Waals surface area contributed by atoms with Gasteiger partial charge in [-0.05, 0) is 138 Å². The van der Waals surface area contributed by atoms with E-state index >= 15 is 0 Å². The molecule has 0 N–H and O–H groups in total. The zero-order valence-corrected chi connectivity index (χ0v) is 36.4. The van der Waals surface area contributed by atoms with Crippen molar-refractivity contribution in [3.63, 3.8) is 0 Å². The van der Waals surface area contributed by atoms with Crippen LogP contribution in [0, 0.1) is 0 Å². The molecule has 0 saturated carbocycles. The Morgan fingerprint density at radius 3 is 1.20 bits per heavy atom. The molecule has 0 spiro atoms. The van der Waals surface area contributed by atoms with E-state index in [0.717, 1.165) is 96.4 Å². The third-order valence-corrected chi connectivity index (χ3v) is 13.7. The number of hydrogen-bond acceptors (Lipinski definition) is 6. The number of ether oxygens (including phenoxy) is 2. The summed E-state index contributed by atoms with van der Waals surface area (Å²) in [7, 11) is 0. The van der Waals surface area contributed by atoms with Gasteiger partial charge in [-0.15, -0.1) is 11.3 Å². The summed E-state index contributed by atoms with van der Waals surface area (Å²) in [6.07, 6.45) is 0. The van der Waals surface area contributed by atoms with Gasteiger partial charge < -0.3 is 24.2 Å². The maximum atomic E-state index is 6.32. The van der Waals surface area contributed by atoms with Gasteiger partial charge in [0.25, 0.3) is 0 Å². The standard InChI is InChI=1S/C60H39N3O2S/c1-10-26-59-49(17-1)50-36-35-48(39-60(50)66-59)61(44-31-27-40(28-32-44)42-13-11-15-46(37-42)62-51-18-2-6-22-55(51)64-56-23-7-3-19-52(56)62)45-33-29-41(30-34-45)43-14-12-16-47(38-43)63-53-20-4-8-24-57(53)65-58-25-9-5-21-54(58)63/h1-39H. The highest BCUT2D eigenvalue weighted by molar-refractivity contribution is 7.25. The quantitative estimate of drug-likeness (QED) is 0.159. The minimum absolute atomic E-state index is 0.840. The van der Waals surface area contributed by atoms with Gasteiger partial charge in [0.15, 0.2) is 23.0 Å². The zero-order valence-electron chi connectivity index (χ0n) is 35.6. The average molecular weight is 866 g/mol. The molecule has 6 heteroatoms. The summed E-state index contributed by atoms with van der Waals surface area (Å²) in [6, 6.07) is 83.9. The summed E-state index contributed by atoms with van der Waals surface area (Å²) in [4.78, 5) is 6.95. The van der Waals surface area contributed by atoms with Gasteiger partial charge in [0.05, 0.1) is 22.7 Å². The Morgan fingerprint density at radius 2 is 0.712 bits per heavy atom. The number of thiophene rings is 1. The second-order valence-corrected chi connectivity index (χ2v) is 17.6. The molecular formula is C60H39N3O2S. The van der Waals surface area contributed by atoms with E-state index in [1.165, 1.54) is 20.2 Å². The summed E-state index contributed by atoms with van der Waals surface area (Å²) in [5.74, 6) is 3.36. The van der Waals surface area contributed by atoms with Crippen molar-refractivity contribution in [2.75, 3.05) is 14.7 Å². The van der Waals surface area contributed by atoms with E-state index in [4.69, 9.17) is 9.47 Å². The highest BCUT2D eigenvalue weighted by atomic mass is 32.1. The summed E-state index contributed by atoms with van der Waals surface area (Å²) in [5, 5.41) is 2.57. The lowest BCUT2D eigenvalue weighted by Gasteiger charge is -2.33. The fourth-order valence-electron chi connectivity index (χ4n) is 9.52. The molecule has 0 unspecified atom stereocenters. The topological polar surface area (TPSA) is 28.2 Å². The zero-order chi connectivity index (χ0) is 43.6. The van der Waals surface area contributed by atoms with Crippen LogP contribution in [0.4, 0.5) is 51.2 Å². The van der Waals surface area contributed by atoms with Crippen LogP contribution >= 0.6 is 11.3 Å². The van der Waals surface area contributed by atoms with Crippen LogP contribution in [0.25, 0.3) is 42.4 Å². The van der Waals surface area contributed by atoms with Crippen LogP contribution in [0.5, 0.6) is 23.0 Å². The highest BCUT2D eigenvalue weighted by Gasteiger charge is 2.27. The van der Waals surface area contributed by atoms with Gasteiger partial charge in [-0.3, -0.25) is 0 Å². The molecule has 0 aliphatic carbocycles. The van der Waals surface area contributed by atoms with E-state index in [1.54, 1.807) is 0 Å². The minimum atomic E-state index is 0.840. The molecule has 0 fully saturated rings. The predicted molar refractivity (Wildman–Crippen MR) is 274 cm³/mol. The van der Waals surface area contributed by atoms with E-state index < -0.39 is 0 Å². The van der Waals surface area contributed by atoms with Crippen LogP contribution in [0.3, 0.4) is 0 Å². The van der Waals surface area contributed by atoms with Crippen molar-refractivity contribution in [2.45, 2.75) is 0 Å². The minimum Gasteiger partial charge on any atom is -0.453 e. The van der Waals surface area contributed by atoms with Gasteiger partial charge in [0.1, 0.15) is 0 Å². The molecule has 2 aliphatic heterocycles. The first kappa shape index (κ1) is 37.9. The number of hydrogen-bond donors (Lipinski definition) is 0. The van der Waals surface area contributed by atoms with Crippen molar-refractivity contribution in [2.24, 2.45) is 0 Å². The monoisotopic (exact) mass is 865 g/mol. The van der Waals surface area contributed by atoms with Crippen molar-refractivity contribution >= 4 is 82.7 Å². The van der Waals surface area contributed by atoms with Crippen LogP contribution < -0.4 is 24.2 Å². The first-order valence-corrected chi connectivity index (χ1v) is 23.0. The van der Waals surface area contributed by atoms with E-state index in [0.29, 0.717) is 0 Å². The number of nitrogens with zero attached hydrogens (tertiary/aromatic N) is 3. The van der Waals surface area contributed by atoms with Crippen LogP contribution in [0.1, 0.15) is 0 Å². The van der Waals surface area contributed by atoms with E-state index in [1.807, 2.05) is 59.9 Å². The van der Waals surface area contributed by atoms with Crippen molar-refractivity contribution in [3.8, 4) is 45.3 Å². The fraction of sp³-hybridized carbons (Fsp3) is 0. The first-order valence-electron chi connectivity index (χ1n) is 22.1. The number of fused-ring (bicyclic) bond motifs is 7. The second kappa shape index (κ2) is 15.6. The van der Waals surface area contributed by atoms with Gasteiger partial charge in [-0.2, -0.15) is 0 Å². The largest absolute Gasteiger partial charge is 0.453 e. The SMILES string of the molecule is c1cc(-c2ccc(N(c3ccc(-c4cccc(N5c6ccccc6Oc6ccccc65)c4)cc3)c3ccc4c(c3)sc3ccccc34)cc2)cc(N2c3ccccc3Oc3ccccc32)c1. The van der Waals surface area contributed by atoms with Crippen LogP contribution in [0.2, 0.25) is 0 Å². The lowest BCUT2D eigenvalue weighted by Crippen LogP contribution is -2.15. The maximum Gasteiger partial charge on any atom is 0.151 e. The number of rotatable bonds is 7. The molecule has 66 heavy (non-hydrogen) atoms. The molecule has 5 nitrogen and oxygen atoms in total. The van der Waals surface area contributed by atoms with Gasteiger partial charge in [0.2, 0.25) is 0 Å². The summed E-state index contributed by atoms with van der Waals surface area (Å²) in [6.45, 7) is 0. The Hall–Kier alpha value is -8.58. The molecule has 0 bridgehead atoms. The molecule has 0 radical (unpaired) electrons. The van der Waals surface area contributed by atoms with Crippen molar-refractivity contribution < 1.29 is 9.47 Å². The van der Waals surface area contributed by atoms with E-state index in [2.05, 4.69) is 203 Å². The molecule has 2 aliphatic rings. The van der Waals surface area contributed by atoms with Crippen LogP contribution in [-0.4, -0.2) is 0 Å². The third-order valence-electron chi connectivity index (χ3n) is 12.6. The Kier molecular flexibility index (Phi) is 8.96. The molecule has 312 valence electrons. The van der Waals surface area contributed by atoms with Crippen molar-refractivity contribution in [3.05, 3.63) is 237 Å². The normalized spacial score (nSPS) is 12.4. The lowest BCUT2D eigenvalue weighted by atomic mass is 10.0. The maximum absolute atomic E-state index is 6.32. The van der Waals surface area contributed by atoms with Gasteiger partial charge in [-0.1, -0.05) is 121 Å². The van der Waals surface area contributed by atoms with Crippen molar-refractivity contribution in [1.82, 2.24) is 0 Å². The van der Waals surface area contributed by atoms with Crippen molar-refractivity contribution in [1.29, 1.82) is 0 Å². The average Bonchev–Trinajstić information content (AvgIpc) is 3.76.